The zero-order valence-corrected chi connectivity index (χ0v) is 8.13. The predicted octanol–water partition coefficient (Wildman–Crippen LogP) is 1.83. The summed E-state index contributed by atoms with van der Waals surface area (Å²) >= 11 is 1.97. The lowest BCUT2D eigenvalue weighted by Gasteiger charge is -2.32. The average Bonchev–Trinajstić information content (AvgIpc) is 2.55. The van der Waals surface area contributed by atoms with E-state index in [4.69, 9.17) is 0 Å². The predicted molar refractivity (Wildman–Crippen MR) is 51.4 cm³/mol. The molecule has 70 valence electrons. The largest absolute Gasteiger partial charge is 0.313 e. The van der Waals surface area contributed by atoms with Gasteiger partial charge in [0.15, 0.2) is 0 Å². The molecule has 0 bridgehead atoms. The highest BCUT2D eigenvalue weighted by Crippen LogP contribution is 2.37. The van der Waals surface area contributed by atoms with Gasteiger partial charge in [-0.05, 0) is 43.2 Å². The molecule has 0 saturated carbocycles. The second-order valence-corrected chi connectivity index (χ2v) is 5.07. The molecule has 2 aliphatic rings. The Morgan fingerprint density at radius 2 is 2.08 bits per heavy atom. The highest BCUT2D eigenvalue weighted by atomic mass is 32.2. The molecule has 1 unspecified atom stereocenters. The van der Waals surface area contributed by atoms with E-state index in [9.17, 15) is 4.39 Å². The second kappa shape index (κ2) is 3.54. The Bertz CT molecular complexity index is 151. The smallest absolute Gasteiger partial charge is 0.127 e. The molecule has 0 aliphatic carbocycles. The fraction of sp³-hybridized carbons (Fsp3) is 1.00. The molecular weight excluding hydrogens is 173 g/mol. The summed E-state index contributed by atoms with van der Waals surface area (Å²) in [6.07, 6.45) is 2.91. The number of hydrogen-bond donors (Lipinski definition) is 1. The van der Waals surface area contributed by atoms with Gasteiger partial charge in [-0.1, -0.05) is 0 Å². The Morgan fingerprint density at radius 3 is 2.67 bits per heavy atom. The van der Waals surface area contributed by atoms with Crippen molar-refractivity contribution in [3.8, 4) is 0 Å². The molecule has 3 heteroatoms. The van der Waals surface area contributed by atoms with Crippen LogP contribution in [0.5, 0.6) is 0 Å². The van der Waals surface area contributed by atoms with Gasteiger partial charge in [0, 0.05) is 6.54 Å². The van der Waals surface area contributed by atoms with Crippen LogP contribution in [0.4, 0.5) is 4.39 Å². The Labute approximate surface area is 77.5 Å². The van der Waals surface area contributed by atoms with Crippen LogP contribution in [0.25, 0.3) is 0 Å². The van der Waals surface area contributed by atoms with E-state index in [0.717, 1.165) is 37.3 Å². The molecule has 12 heavy (non-hydrogen) atoms. The monoisotopic (exact) mass is 189 g/mol. The Kier molecular flexibility index (Phi) is 2.60. The summed E-state index contributed by atoms with van der Waals surface area (Å²) in [7, 11) is 0. The van der Waals surface area contributed by atoms with Crippen molar-refractivity contribution in [3.05, 3.63) is 0 Å². The van der Waals surface area contributed by atoms with Gasteiger partial charge < -0.3 is 5.32 Å². The van der Waals surface area contributed by atoms with E-state index in [1.54, 1.807) is 0 Å². The first-order valence-electron chi connectivity index (χ1n) is 4.79. The Morgan fingerprint density at radius 1 is 1.33 bits per heavy atom. The van der Waals surface area contributed by atoms with Crippen LogP contribution in [0.3, 0.4) is 0 Å². The minimum Gasteiger partial charge on any atom is -0.313 e. The first-order chi connectivity index (χ1) is 5.81. The lowest BCUT2D eigenvalue weighted by molar-refractivity contribution is 0.0966. The van der Waals surface area contributed by atoms with Gasteiger partial charge >= 0.3 is 0 Å². The molecule has 0 amide bonds. The number of thioether (sulfide) groups is 1. The molecule has 2 fully saturated rings. The quantitative estimate of drug-likeness (QED) is 0.675. The molecule has 2 heterocycles. The minimum absolute atomic E-state index is 0.341. The second-order valence-electron chi connectivity index (χ2n) is 3.85. The molecule has 0 aromatic heterocycles. The summed E-state index contributed by atoms with van der Waals surface area (Å²) in [4.78, 5) is 0. The SMILES string of the molecule is FC1(C2CCSCC2)CCNC1. The molecular formula is C9H16FNS. The van der Waals surface area contributed by atoms with Gasteiger partial charge in [-0.25, -0.2) is 4.39 Å². The standard InChI is InChI=1S/C9H16FNS/c10-9(3-4-11-7-9)8-1-5-12-6-2-8/h8,11H,1-7H2. The average molecular weight is 189 g/mol. The van der Waals surface area contributed by atoms with E-state index in [1.165, 1.54) is 0 Å². The van der Waals surface area contributed by atoms with Crippen molar-refractivity contribution in [2.45, 2.75) is 24.9 Å². The Hall–Kier alpha value is 0.240. The van der Waals surface area contributed by atoms with Crippen molar-refractivity contribution in [2.24, 2.45) is 5.92 Å². The maximum Gasteiger partial charge on any atom is 0.127 e. The van der Waals surface area contributed by atoms with Gasteiger partial charge in [-0.3, -0.25) is 0 Å². The molecule has 2 saturated heterocycles. The van der Waals surface area contributed by atoms with Gasteiger partial charge in [0.2, 0.25) is 0 Å². The van der Waals surface area contributed by atoms with Gasteiger partial charge in [-0.15, -0.1) is 0 Å². The van der Waals surface area contributed by atoms with Crippen LogP contribution in [0, 0.1) is 5.92 Å². The van der Waals surface area contributed by atoms with Gasteiger partial charge in [0.05, 0.1) is 0 Å². The van der Waals surface area contributed by atoms with Crippen LogP contribution in [-0.4, -0.2) is 30.3 Å². The van der Waals surface area contributed by atoms with E-state index in [0.29, 0.717) is 12.5 Å². The van der Waals surface area contributed by atoms with E-state index in [-0.39, 0.29) is 0 Å². The normalized spacial score (nSPS) is 38.8. The van der Waals surface area contributed by atoms with Crippen LogP contribution in [0.15, 0.2) is 0 Å². The van der Waals surface area contributed by atoms with E-state index in [1.807, 2.05) is 11.8 Å². The Balaban J connectivity index is 1.96. The fourth-order valence-corrected chi connectivity index (χ4v) is 3.35. The minimum atomic E-state index is -0.860. The van der Waals surface area contributed by atoms with Crippen LogP contribution in [-0.2, 0) is 0 Å². The summed E-state index contributed by atoms with van der Waals surface area (Å²) in [5.41, 5.74) is -0.860. The number of rotatable bonds is 1. The van der Waals surface area contributed by atoms with Crippen LogP contribution < -0.4 is 5.32 Å². The van der Waals surface area contributed by atoms with Crippen molar-refractivity contribution >= 4 is 11.8 Å². The topological polar surface area (TPSA) is 12.0 Å². The summed E-state index contributed by atoms with van der Waals surface area (Å²) in [6, 6.07) is 0. The van der Waals surface area contributed by atoms with Crippen molar-refractivity contribution < 1.29 is 4.39 Å². The highest BCUT2D eigenvalue weighted by molar-refractivity contribution is 7.99. The fourth-order valence-electron chi connectivity index (χ4n) is 2.24. The summed E-state index contributed by atoms with van der Waals surface area (Å²) < 4.78 is 14.1. The van der Waals surface area contributed by atoms with Crippen LogP contribution >= 0.6 is 11.8 Å². The molecule has 1 nitrogen and oxygen atoms in total. The van der Waals surface area contributed by atoms with Gasteiger partial charge in [-0.2, -0.15) is 11.8 Å². The summed E-state index contributed by atoms with van der Waals surface area (Å²) in [5.74, 6) is 2.67. The summed E-state index contributed by atoms with van der Waals surface area (Å²) in [6.45, 7) is 1.47. The number of halogens is 1. The molecule has 0 aromatic carbocycles. The molecule has 0 aromatic rings. The molecule has 1 N–H and O–H groups in total. The third kappa shape index (κ3) is 1.62. The number of alkyl halides is 1. The lowest BCUT2D eigenvalue weighted by Crippen LogP contribution is -2.37. The van der Waals surface area contributed by atoms with Crippen molar-refractivity contribution in [1.29, 1.82) is 0 Å². The van der Waals surface area contributed by atoms with Crippen LogP contribution in [0.2, 0.25) is 0 Å². The van der Waals surface area contributed by atoms with Gasteiger partial charge in [0.1, 0.15) is 5.67 Å². The number of hydrogen-bond acceptors (Lipinski definition) is 2. The molecule has 2 aliphatic heterocycles. The van der Waals surface area contributed by atoms with Crippen LogP contribution in [0.1, 0.15) is 19.3 Å². The molecule has 0 radical (unpaired) electrons. The zero-order chi connectivity index (χ0) is 8.44. The third-order valence-corrected chi connectivity index (χ3v) is 4.14. The summed E-state index contributed by atoms with van der Waals surface area (Å²) in [5, 5.41) is 3.13. The maximum absolute atomic E-state index is 14.1. The maximum atomic E-state index is 14.1. The number of nitrogens with one attached hydrogen (secondary N) is 1. The van der Waals surface area contributed by atoms with E-state index in [2.05, 4.69) is 5.32 Å². The van der Waals surface area contributed by atoms with E-state index >= 15 is 0 Å². The van der Waals surface area contributed by atoms with Crippen molar-refractivity contribution in [3.63, 3.8) is 0 Å². The first-order valence-corrected chi connectivity index (χ1v) is 5.94. The zero-order valence-electron chi connectivity index (χ0n) is 7.31. The third-order valence-electron chi connectivity index (χ3n) is 3.09. The first kappa shape index (κ1) is 8.82. The van der Waals surface area contributed by atoms with Gasteiger partial charge in [0.25, 0.3) is 0 Å². The lowest BCUT2D eigenvalue weighted by atomic mass is 9.84. The van der Waals surface area contributed by atoms with Crippen molar-refractivity contribution in [1.82, 2.24) is 5.32 Å². The molecule has 0 spiro atoms. The highest BCUT2D eigenvalue weighted by Gasteiger charge is 2.41. The molecule has 2 rings (SSSR count). The molecule has 1 atom stereocenters. The van der Waals surface area contributed by atoms with Crippen molar-refractivity contribution in [2.75, 3.05) is 24.6 Å². The van der Waals surface area contributed by atoms with E-state index < -0.39 is 5.67 Å².